The van der Waals surface area contributed by atoms with Crippen LogP contribution in [0.25, 0.3) is 11.3 Å². The molecule has 3 aromatic heterocycles. The van der Waals surface area contributed by atoms with Crippen LogP contribution < -0.4 is 9.47 Å². The molecule has 194 valence electrons. The number of pyridine rings is 2. The van der Waals surface area contributed by atoms with E-state index in [2.05, 4.69) is 22.0 Å². The molecule has 0 aliphatic heterocycles. The molecule has 2 aliphatic carbocycles. The first-order chi connectivity index (χ1) is 18.4. The maximum Gasteiger partial charge on any atom is 0.298 e. The number of hydrogen-bond acceptors (Lipinski definition) is 7. The molecule has 2 atom stereocenters. The highest BCUT2D eigenvalue weighted by molar-refractivity contribution is 6.38. The molecule has 6 rings (SSSR count). The second-order valence-electron chi connectivity index (χ2n) is 9.90. The van der Waals surface area contributed by atoms with E-state index in [-0.39, 0.29) is 17.9 Å². The standard InChI is InChI=1S/C28H22Cl3N3O4/c1-28(16-6-18(37-14-35)10-32-9-16)8-21(28)19-5-4-17(7-22(19)29)36-13-20-26(34-38-27(20)15-2-3-15)25-23(30)11-33-12-24(25)31/h4-7,9-12,14-15,21H,2-3,8,13H2,1H3. The largest absolute Gasteiger partial charge is 0.489 e. The van der Waals surface area contributed by atoms with Gasteiger partial charge in [0.2, 0.25) is 0 Å². The monoisotopic (exact) mass is 569 g/mol. The third-order valence-corrected chi connectivity index (χ3v) is 8.28. The Morgan fingerprint density at radius 2 is 1.79 bits per heavy atom. The van der Waals surface area contributed by atoms with E-state index in [4.69, 9.17) is 48.8 Å². The molecule has 1 aromatic carbocycles. The fourth-order valence-corrected chi connectivity index (χ4v) is 5.83. The van der Waals surface area contributed by atoms with Gasteiger partial charge in [0.05, 0.1) is 21.8 Å². The lowest BCUT2D eigenvalue weighted by atomic mass is 9.94. The summed E-state index contributed by atoms with van der Waals surface area (Å²) >= 11 is 19.6. The van der Waals surface area contributed by atoms with E-state index in [1.807, 2.05) is 24.3 Å². The van der Waals surface area contributed by atoms with Crippen molar-refractivity contribution in [2.45, 2.75) is 50.0 Å². The maximum atomic E-state index is 10.7. The minimum absolute atomic E-state index is 0.152. The average Bonchev–Trinajstić information content (AvgIpc) is 3.82. The van der Waals surface area contributed by atoms with E-state index < -0.39 is 0 Å². The Balaban J connectivity index is 1.22. The van der Waals surface area contributed by atoms with E-state index >= 15 is 0 Å². The highest BCUT2D eigenvalue weighted by Gasteiger charge is 2.53. The Hall–Kier alpha value is -3.13. The Bertz CT molecular complexity index is 1520. The Morgan fingerprint density at radius 1 is 1.03 bits per heavy atom. The van der Waals surface area contributed by atoms with Gasteiger partial charge in [-0.3, -0.25) is 14.8 Å². The second kappa shape index (κ2) is 9.88. The summed E-state index contributed by atoms with van der Waals surface area (Å²) in [5.74, 6) is 2.38. The predicted octanol–water partition coefficient (Wildman–Crippen LogP) is 7.53. The number of carbonyl (C=O) groups is 1. The molecule has 0 amide bonds. The SMILES string of the molecule is CC1(c2cncc(OC=O)c2)CC1c1ccc(OCc2c(-c3c(Cl)cncc3Cl)noc2C2CC2)cc1Cl. The summed E-state index contributed by atoms with van der Waals surface area (Å²) in [6.07, 6.45) is 9.37. The lowest BCUT2D eigenvalue weighted by Gasteiger charge is -2.14. The Kier molecular flexibility index (Phi) is 6.54. The Labute approximate surface area is 234 Å². The molecule has 2 saturated carbocycles. The molecule has 0 N–H and O–H groups in total. The van der Waals surface area contributed by atoms with Crippen molar-refractivity contribution in [2.75, 3.05) is 0 Å². The minimum atomic E-state index is -0.152. The molecule has 7 nitrogen and oxygen atoms in total. The molecular weight excluding hydrogens is 549 g/mol. The van der Waals surface area contributed by atoms with Gasteiger partial charge in [0.1, 0.15) is 29.6 Å². The lowest BCUT2D eigenvalue weighted by Crippen LogP contribution is -2.06. The van der Waals surface area contributed by atoms with Gasteiger partial charge in [-0.05, 0) is 54.5 Å². The van der Waals surface area contributed by atoms with Crippen LogP contribution in [-0.2, 0) is 16.8 Å². The molecule has 10 heteroatoms. The van der Waals surface area contributed by atoms with Crippen molar-refractivity contribution in [3.8, 4) is 22.8 Å². The van der Waals surface area contributed by atoms with E-state index in [0.717, 1.165) is 41.7 Å². The minimum Gasteiger partial charge on any atom is -0.489 e. The second-order valence-corrected chi connectivity index (χ2v) is 11.1. The number of hydrogen-bond donors (Lipinski definition) is 0. The van der Waals surface area contributed by atoms with E-state index in [1.54, 1.807) is 6.20 Å². The maximum absolute atomic E-state index is 10.7. The average molecular weight is 571 g/mol. The van der Waals surface area contributed by atoms with Gasteiger partial charge in [0, 0.05) is 40.5 Å². The third-order valence-electron chi connectivity index (χ3n) is 7.38. The molecule has 4 aromatic rings. The van der Waals surface area contributed by atoms with Crippen LogP contribution >= 0.6 is 34.8 Å². The van der Waals surface area contributed by atoms with Crippen molar-refractivity contribution in [2.24, 2.45) is 0 Å². The van der Waals surface area contributed by atoms with Crippen LogP contribution in [0.15, 0.2) is 53.6 Å². The zero-order chi connectivity index (χ0) is 26.4. The van der Waals surface area contributed by atoms with Gasteiger partial charge in [-0.25, -0.2) is 0 Å². The van der Waals surface area contributed by atoms with Crippen molar-refractivity contribution in [1.82, 2.24) is 15.1 Å². The van der Waals surface area contributed by atoms with Gasteiger partial charge in [-0.2, -0.15) is 0 Å². The molecule has 38 heavy (non-hydrogen) atoms. The van der Waals surface area contributed by atoms with Gasteiger partial charge in [-0.1, -0.05) is 52.9 Å². The first-order valence-corrected chi connectivity index (χ1v) is 13.3. The molecule has 0 saturated heterocycles. The quantitative estimate of drug-likeness (QED) is 0.192. The molecule has 2 aliphatic rings. The number of rotatable bonds is 9. The van der Waals surface area contributed by atoms with Gasteiger partial charge in [0.25, 0.3) is 6.47 Å². The van der Waals surface area contributed by atoms with Crippen LogP contribution in [0, 0.1) is 0 Å². The van der Waals surface area contributed by atoms with Crippen molar-refractivity contribution in [1.29, 1.82) is 0 Å². The van der Waals surface area contributed by atoms with Gasteiger partial charge in [-0.15, -0.1) is 0 Å². The van der Waals surface area contributed by atoms with Crippen molar-refractivity contribution in [3.63, 3.8) is 0 Å². The summed E-state index contributed by atoms with van der Waals surface area (Å²) in [7, 11) is 0. The summed E-state index contributed by atoms with van der Waals surface area (Å²) in [6, 6.07) is 7.60. The fraction of sp³-hybridized carbons (Fsp3) is 0.286. The normalized spacial score (nSPS) is 20.3. The highest BCUT2D eigenvalue weighted by atomic mass is 35.5. The molecule has 2 fully saturated rings. The number of aromatic nitrogens is 3. The van der Waals surface area contributed by atoms with Crippen LogP contribution in [0.2, 0.25) is 15.1 Å². The molecular formula is C28H22Cl3N3O4. The zero-order valence-corrected chi connectivity index (χ0v) is 22.6. The van der Waals surface area contributed by atoms with E-state index in [1.165, 1.54) is 18.6 Å². The zero-order valence-electron chi connectivity index (χ0n) is 20.3. The van der Waals surface area contributed by atoms with Crippen LogP contribution in [0.4, 0.5) is 0 Å². The highest BCUT2D eigenvalue weighted by Crippen LogP contribution is 2.61. The summed E-state index contributed by atoms with van der Waals surface area (Å²) in [6.45, 7) is 2.79. The van der Waals surface area contributed by atoms with Crippen molar-refractivity contribution >= 4 is 41.3 Å². The van der Waals surface area contributed by atoms with Crippen LogP contribution in [0.5, 0.6) is 11.5 Å². The van der Waals surface area contributed by atoms with Crippen molar-refractivity contribution in [3.05, 3.63) is 86.6 Å². The first kappa shape index (κ1) is 25.2. The molecule has 0 radical (unpaired) electrons. The lowest BCUT2D eigenvalue weighted by molar-refractivity contribution is -0.120. The van der Waals surface area contributed by atoms with Crippen LogP contribution in [0.1, 0.15) is 60.5 Å². The van der Waals surface area contributed by atoms with Gasteiger partial charge in [0.15, 0.2) is 0 Å². The summed E-state index contributed by atoms with van der Waals surface area (Å²) < 4.78 is 16.9. The van der Waals surface area contributed by atoms with Crippen molar-refractivity contribution < 1.29 is 18.8 Å². The number of carbonyl (C=O) groups excluding carboxylic acids is 1. The summed E-state index contributed by atoms with van der Waals surface area (Å²) in [5, 5.41) is 5.71. The van der Waals surface area contributed by atoms with E-state index in [0.29, 0.717) is 50.2 Å². The number of nitrogens with zero attached hydrogens (tertiary/aromatic N) is 3. The third kappa shape index (κ3) is 4.64. The molecule has 2 unspecified atom stereocenters. The van der Waals surface area contributed by atoms with E-state index in [9.17, 15) is 4.79 Å². The number of halogens is 3. The first-order valence-electron chi connectivity index (χ1n) is 12.1. The summed E-state index contributed by atoms with van der Waals surface area (Å²) in [4.78, 5) is 19.0. The Morgan fingerprint density at radius 3 is 2.50 bits per heavy atom. The fourth-order valence-electron chi connectivity index (χ4n) is 4.99. The number of benzene rings is 1. The van der Waals surface area contributed by atoms with Gasteiger partial charge < -0.3 is 14.0 Å². The topological polar surface area (TPSA) is 87.3 Å². The molecule has 0 spiro atoms. The predicted molar refractivity (Wildman–Crippen MR) is 143 cm³/mol. The smallest absolute Gasteiger partial charge is 0.298 e. The summed E-state index contributed by atoms with van der Waals surface area (Å²) in [5.41, 5.74) is 3.84. The van der Waals surface area contributed by atoms with Gasteiger partial charge >= 0.3 is 0 Å². The van der Waals surface area contributed by atoms with Crippen LogP contribution in [0.3, 0.4) is 0 Å². The van der Waals surface area contributed by atoms with Crippen LogP contribution in [-0.4, -0.2) is 21.6 Å². The number of ether oxygens (including phenoxy) is 2. The molecule has 3 heterocycles. The molecule has 0 bridgehead atoms.